The SMILES string of the molecule is O=S(=O)([O-])C1=CC(=C([O-])[O-])C(=NN=C(N=Nc2cc(S(=O)(=O)[O-])cc(Nc3nc(Cl)nc(Cl)c3Cl)c2[O-])c2ccccc2)C=C1.[Cu+2].[Na+].[Na+].[Na+]. The molecule has 0 fully saturated rings. The first-order valence-electron chi connectivity index (χ1n) is 11.6. The number of hydrogen-bond donors (Lipinski definition) is 1. The fourth-order valence-corrected chi connectivity index (χ4v) is 4.88. The second-order valence-electron chi connectivity index (χ2n) is 8.35. The largest absolute Gasteiger partial charge is 2.00 e. The van der Waals surface area contributed by atoms with Gasteiger partial charge in [-0.25, -0.2) is 21.8 Å². The molecule has 1 heterocycles. The smallest absolute Gasteiger partial charge is 0.883 e. The van der Waals surface area contributed by atoms with Gasteiger partial charge in [0.25, 0.3) is 0 Å². The van der Waals surface area contributed by atoms with E-state index in [4.69, 9.17) is 34.8 Å². The summed E-state index contributed by atoms with van der Waals surface area (Å²) in [5.74, 6) is -3.57. The molecule has 25 heteroatoms. The Hall–Kier alpha value is -0.911. The average molecular weight is 844 g/mol. The van der Waals surface area contributed by atoms with Crippen LogP contribution in [0.4, 0.5) is 17.2 Å². The van der Waals surface area contributed by atoms with Crippen molar-refractivity contribution in [3.63, 3.8) is 0 Å². The summed E-state index contributed by atoms with van der Waals surface area (Å²) in [7, 11) is -10.2. The fraction of sp³-hybridized carbons (Fsp3) is 0. The maximum atomic E-state index is 13.2. The Labute approximate surface area is 370 Å². The molecule has 0 saturated heterocycles. The first-order chi connectivity index (χ1) is 21.0. The molecule has 1 aliphatic carbocycles. The van der Waals surface area contributed by atoms with Gasteiger partial charge in [-0.2, -0.15) is 10.9 Å². The Balaban J connectivity index is 0.00000576. The number of azo groups is 1. The molecule has 243 valence electrons. The number of anilines is 2. The molecule has 1 radical (unpaired) electrons. The number of halogens is 3. The summed E-state index contributed by atoms with van der Waals surface area (Å²) in [6.45, 7) is 0. The van der Waals surface area contributed by atoms with Crippen LogP contribution in [0.15, 0.2) is 102 Å². The standard InChI is InChI=1S/C24H16Cl3N7O9S2.Cu.3Na/c25-18-20(26)29-24(27)30-22(18)28-16-9-13(45(41,42)43)10-17(19(16)35)32-34-21(11-4-2-1-3-5-11)33-31-15-7-6-12(44(38,39)40)8-14(15)23(36)37;;;;/h1-10,35-37H,(H,28,29,30)(H,38,39,40)(H,41,42,43);;;;/q;+2;3*+1/p-5. The van der Waals surface area contributed by atoms with E-state index in [0.717, 1.165) is 12.2 Å². The number of allylic oxidation sites excluding steroid dienone is 4. The zero-order valence-electron chi connectivity index (χ0n) is 24.9. The number of amidine groups is 1. The predicted octanol–water partition coefficient (Wildman–Crippen LogP) is -7.01. The third-order valence-corrected chi connectivity index (χ3v) is 7.92. The van der Waals surface area contributed by atoms with Crippen molar-refractivity contribution >= 4 is 83.8 Å². The van der Waals surface area contributed by atoms with Crippen LogP contribution in [-0.4, -0.2) is 47.5 Å². The van der Waals surface area contributed by atoms with Gasteiger partial charge in [0.2, 0.25) is 11.1 Å². The summed E-state index contributed by atoms with van der Waals surface area (Å²) >= 11 is 17.7. The van der Waals surface area contributed by atoms with E-state index in [1.807, 2.05) is 0 Å². The Morgan fingerprint density at radius 1 is 0.878 bits per heavy atom. The van der Waals surface area contributed by atoms with Gasteiger partial charge in [0, 0.05) is 11.3 Å². The van der Waals surface area contributed by atoms with E-state index >= 15 is 0 Å². The van der Waals surface area contributed by atoms with Crippen molar-refractivity contribution in [2.24, 2.45) is 20.4 Å². The minimum atomic E-state index is -5.17. The molecule has 2 aromatic carbocycles. The van der Waals surface area contributed by atoms with Crippen LogP contribution in [0.5, 0.6) is 5.75 Å². The maximum Gasteiger partial charge on any atom is 2.00 e. The number of rotatable bonds is 7. The van der Waals surface area contributed by atoms with Crippen molar-refractivity contribution in [1.29, 1.82) is 0 Å². The summed E-state index contributed by atoms with van der Waals surface area (Å²) in [6, 6.07) is 8.99. The molecule has 0 atom stereocenters. The van der Waals surface area contributed by atoms with Gasteiger partial charge in [0.1, 0.15) is 25.3 Å². The molecule has 16 nitrogen and oxygen atoms in total. The first-order valence-corrected chi connectivity index (χ1v) is 15.5. The molecule has 1 aromatic heterocycles. The van der Waals surface area contributed by atoms with E-state index in [9.17, 15) is 41.3 Å². The quantitative estimate of drug-likeness (QED) is 0.0268. The van der Waals surface area contributed by atoms with Crippen molar-refractivity contribution in [1.82, 2.24) is 9.97 Å². The summed E-state index contributed by atoms with van der Waals surface area (Å²) < 4.78 is 69.5. The molecule has 0 aliphatic heterocycles. The number of nitrogens with one attached hydrogen (secondary N) is 1. The van der Waals surface area contributed by atoms with E-state index in [1.165, 1.54) is 12.1 Å². The zero-order valence-corrected chi connectivity index (χ0v) is 35.7. The summed E-state index contributed by atoms with van der Waals surface area (Å²) in [5.41, 5.74) is -2.28. The molecular formula is C24H11Cl3CuN7Na3O9S2. The van der Waals surface area contributed by atoms with Gasteiger partial charge in [-0.3, -0.25) is 0 Å². The molecule has 0 spiro atoms. The van der Waals surface area contributed by atoms with E-state index in [-0.39, 0.29) is 138 Å². The molecule has 49 heavy (non-hydrogen) atoms. The van der Waals surface area contributed by atoms with Crippen LogP contribution in [0.1, 0.15) is 5.56 Å². The first kappa shape index (κ1) is 48.1. The Morgan fingerprint density at radius 3 is 2.08 bits per heavy atom. The molecule has 4 rings (SSSR count). The van der Waals surface area contributed by atoms with Gasteiger partial charge in [0.15, 0.2) is 11.0 Å². The third kappa shape index (κ3) is 12.9. The number of nitrogens with zero attached hydrogens (tertiary/aromatic N) is 6. The predicted molar refractivity (Wildman–Crippen MR) is 153 cm³/mol. The van der Waals surface area contributed by atoms with E-state index < -0.39 is 64.4 Å². The molecule has 0 bridgehead atoms. The minimum absolute atomic E-state index is 0. The summed E-state index contributed by atoms with van der Waals surface area (Å²) in [4.78, 5) is 5.62. The van der Waals surface area contributed by atoms with Crippen molar-refractivity contribution in [2.75, 3.05) is 5.32 Å². The number of aromatic nitrogens is 2. The van der Waals surface area contributed by atoms with Crippen molar-refractivity contribution in [3.8, 4) is 5.75 Å². The molecule has 0 amide bonds. The van der Waals surface area contributed by atoms with Crippen molar-refractivity contribution in [2.45, 2.75) is 4.90 Å². The Morgan fingerprint density at radius 2 is 1.51 bits per heavy atom. The van der Waals surface area contributed by atoms with Crippen molar-refractivity contribution in [3.05, 3.63) is 98.1 Å². The topological polar surface area (TPSA) is 271 Å². The van der Waals surface area contributed by atoms with Crippen LogP contribution in [-0.2, 0) is 37.3 Å². The molecule has 1 aliphatic rings. The summed E-state index contributed by atoms with van der Waals surface area (Å²) in [6.07, 6.45) is 2.21. The summed E-state index contributed by atoms with van der Waals surface area (Å²) in [5, 5.41) is 53.0. The van der Waals surface area contributed by atoms with Crippen LogP contribution in [0, 0.1) is 0 Å². The minimum Gasteiger partial charge on any atom is -0.883 e. The van der Waals surface area contributed by atoms with Gasteiger partial charge < -0.3 is 29.7 Å². The van der Waals surface area contributed by atoms with Gasteiger partial charge >= 0.3 is 106 Å². The third-order valence-electron chi connectivity index (χ3n) is 5.38. The molecule has 0 saturated carbocycles. The van der Waals surface area contributed by atoms with Gasteiger partial charge in [0.05, 0.1) is 21.2 Å². The van der Waals surface area contributed by atoms with Gasteiger partial charge in [-0.15, -0.1) is 20.4 Å². The van der Waals surface area contributed by atoms with E-state index in [0.29, 0.717) is 18.2 Å². The Kier molecular flexibility index (Phi) is 20.0. The number of hydrogen-bond acceptors (Lipinski definition) is 15. The molecule has 1 N–H and O–H groups in total. The maximum absolute atomic E-state index is 13.2. The monoisotopic (exact) mass is 842 g/mol. The van der Waals surface area contributed by atoms with Crippen LogP contribution < -0.4 is 109 Å². The molecule has 0 unspecified atom stereocenters. The number of benzene rings is 2. The Bertz CT molecular complexity index is 2120. The van der Waals surface area contributed by atoms with E-state index in [1.54, 1.807) is 18.2 Å². The average Bonchev–Trinajstić information content (AvgIpc) is 2.96. The fourth-order valence-electron chi connectivity index (χ4n) is 3.35. The zero-order chi connectivity index (χ0) is 33.1. The second-order valence-corrected chi connectivity index (χ2v) is 12.2. The molecular weight excluding hydrogens is 833 g/mol. The second kappa shape index (κ2) is 20.4. The normalized spacial score (nSPS) is 13.8. The van der Waals surface area contributed by atoms with Crippen molar-refractivity contribution < 1.29 is 147 Å². The van der Waals surface area contributed by atoms with E-state index in [2.05, 4.69) is 35.7 Å². The van der Waals surface area contributed by atoms with Crippen LogP contribution in [0.2, 0.25) is 15.5 Å². The van der Waals surface area contributed by atoms with Crippen LogP contribution >= 0.6 is 34.8 Å². The van der Waals surface area contributed by atoms with Crippen LogP contribution in [0.3, 0.4) is 0 Å². The molecule has 3 aromatic rings. The van der Waals surface area contributed by atoms with Gasteiger partial charge in [-0.05, 0) is 47.5 Å². The van der Waals surface area contributed by atoms with Crippen LogP contribution in [0.25, 0.3) is 0 Å². The van der Waals surface area contributed by atoms with Gasteiger partial charge in [-0.1, -0.05) is 59.3 Å².